The summed E-state index contributed by atoms with van der Waals surface area (Å²) in [5.74, 6) is 0.0909. The van der Waals surface area contributed by atoms with E-state index >= 15 is 0 Å². The second-order valence-corrected chi connectivity index (χ2v) is 6.64. The Bertz CT molecular complexity index is 527. The topological polar surface area (TPSA) is 61.2 Å². The zero-order valence-corrected chi connectivity index (χ0v) is 11.7. The summed E-state index contributed by atoms with van der Waals surface area (Å²) in [4.78, 5) is 2.26. The van der Waals surface area contributed by atoms with Gasteiger partial charge in [-0.15, -0.1) is 0 Å². The summed E-state index contributed by atoms with van der Waals surface area (Å²) in [7, 11) is -1.36. The van der Waals surface area contributed by atoms with Gasteiger partial charge in [-0.3, -0.25) is 0 Å². The van der Waals surface area contributed by atoms with E-state index in [0.29, 0.717) is 18.2 Å². The van der Waals surface area contributed by atoms with Crippen LogP contribution in [0, 0.1) is 11.3 Å². The molecule has 0 radical (unpaired) electrons. The second-order valence-electron chi connectivity index (χ2n) is 4.53. The number of rotatable bonds is 5. The molecule has 0 N–H and O–H groups in total. The van der Waals surface area contributed by atoms with Gasteiger partial charge in [0, 0.05) is 12.6 Å². The van der Waals surface area contributed by atoms with E-state index in [2.05, 4.69) is 0 Å². The zero-order valence-electron chi connectivity index (χ0n) is 10.9. The van der Waals surface area contributed by atoms with Crippen molar-refractivity contribution in [2.45, 2.75) is 24.8 Å². The molecule has 1 aromatic carbocycles. The molecule has 1 aromatic rings. The third kappa shape index (κ3) is 3.83. The highest BCUT2D eigenvalue weighted by atomic mass is 32.2. The number of hydrogen-bond donors (Lipinski definition) is 0. The van der Waals surface area contributed by atoms with Crippen molar-refractivity contribution >= 4 is 9.84 Å². The van der Waals surface area contributed by atoms with Crippen LogP contribution in [0.1, 0.15) is 19.4 Å². The van der Waals surface area contributed by atoms with Crippen molar-refractivity contribution in [2.75, 3.05) is 19.3 Å². The molecular weight excluding hydrogens is 248 g/mol. The monoisotopic (exact) mass is 266 g/mol. The normalized spacial score (nSPS) is 11.8. The maximum atomic E-state index is 12.0. The molecule has 1 rings (SSSR count). The van der Waals surface area contributed by atoms with Crippen molar-refractivity contribution in [3.05, 3.63) is 29.8 Å². The lowest BCUT2D eigenvalue weighted by Crippen LogP contribution is -2.31. The van der Waals surface area contributed by atoms with Crippen molar-refractivity contribution in [3.8, 4) is 6.07 Å². The molecule has 5 heteroatoms. The van der Waals surface area contributed by atoms with Crippen molar-refractivity contribution < 1.29 is 8.42 Å². The fourth-order valence-corrected chi connectivity index (χ4v) is 2.69. The van der Waals surface area contributed by atoms with Crippen LogP contribution < -0.4 is 0 Å². The number of nitrogens with zero attached hydrogens (tertiary/aromatic N) is 2. The molecule has 0 bridgehead atoms. The van der Waals surface area contributed by atoms with Gasteiger partial charge in [0.1, 0.15) is 0 Å². The van der Waals surface area contributed by atoms with Gasteiger partial charge in [0.25, 0.3) is 0 Å². The lowest BCUT2D eigenvalue weighted by molar-refractivity contribution is 0.289. The zero-order chi connectivity index (χ0) is 13.8. The van der Waals surface area contributed by atoms with Crippen LogP contribution in [0.25, 0.3) is 0 Å². The van der Waals surface area contributed by atoms with Gasteiger partial charge >= 0.3 is 0 Å². The van der Waals surface area contributed by atoms with Crippen molar-refractivity contribution in [1.29, 1.82) is 5.26 Å². The molecule has 0 aliphatic carbocycles. The molecular formula is C13H18N2O2S. The first-order valence-corrected chi connectivity index (χ1v) is 7.45. The minimum atomic E-state index is -3.26. The summed E-state index contributed by atoms with van der Waals surface area (Å²) in [6.07, 6.45) is 0. The molecule has 0 heterocycles. The SMILES string of the molecule is CC(C)N(C)CCS(=O)(=O)c1ccc(C#N)cc1. The Morgan fingerprint density at radius 1 is 1.28 bits per heavy atom. The molecule has 0 saturated carbocycles. The largest absolute Gasteiger partial charge is 0.303 e. The molecule has 0 spiro atoms. The Labute approximate surface area is 109 Å². The number of nitriles is 1. The summed E-state index contributed by atoms with van der Waals surface area (Å²) in [6.45, 7) is 4.54. The first-order chi connectivity index (χ1) is 8.36. The van der Waals surface area contributed by atoms with Crippen molar-refractivity contribution in [1.82, 2.24) is 4.90 Å². The lowest BCUT2D eigenvalue weighted by Gasteiger charge is -2.20. The van der Waals surface area contributed by atoms with Crippen LogP contribution in [0.2, 0.25) is 0 Å². The fraction of sp³-hybridized carbons (Fsp3) is 0.462. The van der Waals surface area contributed by atoms with Crippen molar-refractivity contribution in [3.63, 3.8) is 0 Å². The van der Waals surface area contributed by atoms with Gasteiger partial charge in [0.05, 0.1) is 22.3 Å². The van der Waals surface area contributed by atoms with E-state index in [4.69, 9.17) is 5.26 Å². The van der Waals surface area contributed by atoms with Crippen LogP contribution in [0.5, 0.6) is 0 Å². The summed E-state index contributed by atoms with van der Waals surface area (Å²) < 4.78 is 24.1. The molecule has 0 fully saturated rings. The fourth-order valence-electron chi connectivity index (χ4n) is 1.38. The van der Waals surface area contributed by atoms with Crippen LogP contribution in [-0.2, 0) is 9.84 Å². The molecule has 4 nitrogen and oxygen atoms in total. The predicted molar refractivity (Wildman–Crippen MR) is 71.0 cm³/mol. The van der Waals surface area contributed by atoms with E-state index in [1.54, 1.807) is 0 Å². The van der Waals surface area contributed by atoms with E-state index < -0.39 is 9.84 Å². The molecule has 0 unspecified atom stereocenters. The molecule has 0 aliphatic rings. The molecule has 0 aromatic heterocycles. The Balaban J connectivity index is 2.77. The quantitative estimate of drug-likeness (QED) is 0.813. The van der Waals surface area contributed by atoms with E-state index in [1.165, 1.54) is 24.3 Å². The molecule has 0 amide bonds. The maximum absolute atomic E-state index is 12.0. The Morgan fingerprint density at radius 2 is 1.83 bits per heavy atom. The third-order valence-electron chi connectivity index (χ3n) is 2.94. The van der Waals surface area contributed by atoms with Gasteiger partial charge in [0.15, 0.2) is 9.84 Å². The van der Waals surface area contributed by atoms with Crippen molar-refractivity contribution in [2.24, 2.45) is 0 Å². The first-order valence-electron chi connectivity index (χ1n) is 5.80. The highest BCUT2D eigenvalue weighted by Crippen LogP contribution is 2.12. The van der Waals surface area contributed by atoms with Crippen LogP contribution in [0.3, 0.4) is 0 Å². The van der Waals surface area contributed by atoms with Gasteiger partial charge in [0.2, 0.25) is 0 Å². The van der Waals surface area contributed by atoms with Gasteiger partial charge < -0.3 is 4.90 Å². The van der Waals surface area contributed by atoms with Crippen LogP contribution in [0.4, 0.5) is 0 Å². The number of hydrogen-bond acceptors (Lipinski definition) is 4. The maximum Gasteiger partial charge on any atom is 0.179 e. The number of sulfone groups is 1. The minimum Gasteiger partial charge on any atom is -0.303 e. The standard InChI is InChI=1S/C13H18N2O2S/c1-11(2)15(3)8-9-18(16,17)13-6-4-12(10-14)5-7-13/h4-7,11H,8-9H2,1-3H3. The van der Waals surface area contributed by atoms with Crippen LogP contribution in [-0.4, -0.2) is 38.7 Å². The molecule has 0 saturated heterocycles. The Hall–Kier alpha value is -1.38. The minimum absolute atomic E-state index is 0.0909. The summed E-state index contributed by atoms with van der Waals surface area (Å²) in [5, 5.41) is 8.66. The number of benzene rings is 1. The van der Waals surface area contributed by atoms with E-state index in [1.807, 2.05) is 31.9 Å². The molecule has 0 atom stereocenters. The Kier molecular flexibility index (Phi) is 4.88. The molecule has 98 valence electrons. The third-order valence-corrected chi connectivity index (χ3v) is 4.65. The van der Waals surface area contributed by atoms with Crippen LogP contribution in [0.15, 0.2) is 29.2 Å². The average molecular weight is 266 g/mol. The Morgan fingerprint density at radius 3 is 2.28 bits per heavy atom. The van der Waals surface area contributed by atoms with Gasteiger partial charge in [-0.1, -0.05) is 0 Å². The highest BCUT2D eigenvalue weighted by molar-refractivity contribution is 7.91. The molecule has 0 aliphatic heterocycles. The van der Waals surface area contributed by atoms with Gasteiger partial charge in [-0.2, -0.15) is 5.26 Å². The van der Waals surface area contributed by atoms with Gasteiger partial charge in [-0.05, 0) is 45.2 Å². The average Bonchev–Trinajstić information content (AvgIpc) is 2.36. The summed E-state index contributed by atoms with van der Waals surface area (Å²) >= 11 is 0. The lowest BCUT2D eigenvalue weighted by atomic mass is 10.2. The molecule has 18 heavy (non-hydrogen) atoms. The van der Waals surface area contributed by atoms with Gasteiger partial charge in [-0.25, -0.2) is 8.42 Å². The highest BCUT2D eigenvalue weighted by Gasteiger charge is 2.16. The van der Waals surface area contributed by atoms with Crippen LogP contribution >= 0.6 is 0 Å². The van der Waals surface area contributed by atoms with E-state index in [-0.39, 0.29) is 10.6 Å². The summed E-state index contributed by atoms with van der Waals surface area (Å²) in [6, 6.07) is 8.32. The van der Waals surface area contributed by atoms with E-state index in [9.17, 15) is 8.42 Å². The second kappa shape index (κ2) is 5.98. The van der Waals surface area contributed by atoms with E-state index in [0.717, 1.165) is 0 Å². The smallest absolute Gasteiger partial charge is 0.179 e. The first kappa shape index (κ1) is 14.7. The summed E-state index contributed by atoms with van der Waals surface area (Å²) in [5.41, 5.74) is 0.466. The predicted octanol–water partition coefficient (Wildman–Crippen LogP) is 1.67.